The summed E-state index contributed by atoms with van der Waals surface area (Å²) >= 11 is 1.63. The van der Waals surface area contributed by atoms with Gasteiger partial charge in [-0.25, -0.2) is 15.0 Å². The van der Waals surface area contributed by atoms with Gasteiger partial charge in [-0.2, -0.15) is 0 Å². The molecule has 6 nitrogen and oxygen atoms in total. The van der Waals surface area contributed by atoms with Crippen molar-refractivity contribution >= 4 is 28.2 Å². The molecular weight excluding hydrogens is 346 g/mol. The molecule has 0 radical (unpaired) electrons. The van der Waals surface area contributed by atoms with Gasteiger partial charge in [-0.05, 0) is 33.1 Å². The molecule has 140 valence electrons. The number of likely N-dealkylation sites (tertiary alicyclic amines) is 1. The average Bonchev–Trinajstić information content (AvgIpc) is 3.14. The van der Waals surface area contributed by atoms with Gasteiger partial charge in [-0.1, -0.05) is 13.8 Å². The number of hydrogen-bond donors (Lipinski definition) is 1. The third-order valence-electron chi connectivity index (χ3n) is 4.66. The van der Waals surface area contributed by atoms with Crippen LogP contribution in [0.25, 0.3) is 0 Å². The van der Waals surface area contributed by atoms with Crippen LogP contribution in [-0.4, -0.2) is 38.8 Å². The molecule has 1 amide bonds. The number of hydrogen-bond acceptors (Lipinski definition) is 6. The fraction of sp³-hybridized carbons (Fsp3) is 0.579. The predicted octanol–water partition coefficient (Wildman–Crippen LogP) is 3.96. The lowest BCUT2D eigenvalue weighted by Gasteiger charge is -2.18. The molecule has 3 rings (SSSR count). The first-order chi connectivity index (χ1) is 12.3. The molecule has 0 bridgehead atoms. The van der Waals surface area contributed by atoms with Gasteiger partial charge in [0.2, 0.25) is 5.91 Å². The molecule has 26 heavy (non-hydrogen) atoms. The summed E-state index contributed by atoms with van der Waals surface area (Å²) in [4.78, 5) is 29.1. The Kier molecular flexibility index (Phi) is 5.55. The second kappa shape index (κ2) is 7.70. The number of anilines is 2. The van der Waals surface area contributed by atoms with Gasteiger partial charge in [-0.3, -0.25) is 4.79 Å². The summed E-state index contributed by atoms with van der Waals surface area (Å²) < 4.78 is 0. The molecule has 0 aromatic carbocycles. The first-order valence-corrected chi connectivity index (χ1v) is 9.98. The van der Waals surface area contributed by atoms with Crippen molar-refractivity contribution in [2.45, 2.75) is 53.4 Å². The molecule has 2 aromatic rings. The zero-order valence-electron chi connectivity index (χ0n) is 16.2. The monoisotopic (exact) mass is 373 g/mol. The van der Waals surface area contributed by atoms with Crippen molar-refractivity contribution in [3.63, 3.8) is 0 Å². The van der Waals surface area contributed by atoms with Crippen LogP contribution in [0.2, 0.25) is 0 Å². The Bertz CT molecular complexity index is 782. The molecule has 0 saturated carbocycles. The maximum atomic E-state index is 12.3. The van der Waals surface area contributed by atoms with Crippen molar-refractivity contribution in [3.8, 4) is 0 Å². The van der Waals surface area contributed by atoms with Crippen molar-refractivity contribution < 1.29 is 4.79 Å². The summed E-state index contributed by atoms with van der Waals surface area (Å²) in [5, 5.41) is 4.16. The summed E-state index contributed by atoms with van der Waals surface area (Å²) in [6.45, 7) is 11.7. The number of rotatable bonds is 5. The van der Waals surface area contributed by atoms with E-state index in [4.69, 9.17) is 0 Å². The summed E-state index contributed by atoms with van der Waals surface area (Å²) in [7, 11) is 0. The molecule has 3 heterocycles. The third kappa shape index (κ3) is 4.38. The van der Waals surface area contributed by atoms with Crippen LogP contribution in [0.5, 0.6) is 0 Å². The van der Waals surface area contributed by atoms with Gasteiger partial charge in [0.25, 0.3) is 0 Å². The normalized spacial score (nSPS) is 17.2. The number of amides is 1. The average molecular weight is 374 g/mol. The largest absolute Gasteiger partial charge is 0.342 e. The van der Waals surface area contributed by atoms with E-state index in [-0.39, 0.29) is 11.8 Å². The van der Waals surface area contributed by atoms with Crippen LogP contribution in [0.1, 0.15) is 54.7 Å². The number of aryl methyl sites for hydroxylation is 3. The molecule has 7 heteroatoms. The minimum absolute atomic E-state index is 0.250. The van der Waals surface area contributed by atoms with E-state index in [0.29, 0.717) is 12.3 Å². The highest BCUT2D eigenvalue weighted by atomic mass is 32.1. The molecule has 1 aliphatic heterocycles. The predicted molar refractivity (Wildman–Crippen MR) is 105 cm³/mol. The van der Waals surface area contributed by atoms with Crippen LogP contribution in [0.15, 0.2) is 6.07 Å². The maximum Gasteiger partial charge on any atom is 0.222 e. The van der Waals surface area contributed by atoms with Gasteiger partial charge >= 0.3 is 0 Å². The van der Waals surface area contributed by atoms with E-state index in [1.165, 1.54) is 4.88 Å². The van der Waals surface area contributed by atoms with Crippen LogP contribution in [-0.2, 0) is 4.79 Å². The summed E-state index contributed by atoms with van der Waals surface area (Å²) in [5.74, 6) is 2.42. The second-order valence-corrected chi connectivity index (χ2v) is 8.64. The highest BCUT2D eigenvalue weighted by Crippen LogP contribution is 2.29. The van der Waals surface area contributed by atoms with Gasteiger partial charge in [0.05, 0.1) is 11.4 Å². The first kappa shape index (κ1) is 18.8. The summed E-state index contributed by atoms with van der Waals surface area (Å²) in [5.41, 5.74) is 2.04. The Morgan fingerprint density at radius 3 is 2.73 bits per heavy atom. The van der Waals surface area contributed by atoms with E-state index in [9.17, 15) is 4.79 Å². The van der Waals surface area contributed by atoms with E-state index >= 15 is 0 Å². The molecule has 1 fully saturated rings. The Hall–Kier alpha value is -2.02. The van der Waals surface area contributed by atoms with Crippen LogP contribution < -0.4 is 5.32 Å². The van der Waals surface area contributed by atoms with Gasteiger partial charge in [-0.15, -0.1) is 11.3 Å². The van der Waals surface area contributed by atoms with E-state index in [0.717, 1.165) is 47.7 Å². The number of thiazole rings is 1. The van der Waals surface area contributed by atoms with Gasteiger partial charge in [0.1, 0.15) is 11.6 Å². The van der Waals surface area contributed by atoms with E-state index < -0.39 is 0 Å². The molecule has 1 atom stereocenters. The Labute approximate surface area is 159 Å². The number of nitrogens with zero attached hydrogens (tertiary/aromatic N) is 4. The van der Waals surface area contributed by atoms with Crippen molar-refractivity contribution in [2.75, 3.05) is 18.4 Å². The molecule has 1 saturated heterocycles. The molecule has 0 unspecified atom stereocenters. The molecule has 0 aliphatic carbocycles. The molecule has 0 spiro atoms. The lowest BCUT2D eigenvalue weighted by Crippen LogP contribution is -2.29. The highest BCUT2D eigenvalue weighted by Gasteiger charge is 2.28. The molecule has 2 aromatic heterocycles. The van der Waals surface area contributed by atoms with E-state index in [1.54, 1.807) is 11.3 Å². The second-order valence-electron chi connectivity index (χ2n) is 7.43. The molecule has 1 N–H and O–H groups in total. The number of aromatic nitrogens is 3. The number of carbonyl (C=O) groups is 1. The Balaban J connectivity index is 1.73. The van der Waals surface area contributed by atoms with Crippen LogP contribution in [0.3, 0.4) is 0 Å². The van der Waals surface area contributed by atoms with Gasteiger partial charge in [0, 0.05) is 36.4 Å². The van der Waals surface area contributed by atoms with Crippen molar-refractivity contribution in [2.24, 2.45) is 5.92 Å². The fourth-order valence-corrected chi connectivity index (χ4v) is 4.03. The quantitative estimate of drug-likeness (QED) is 0.859. The fourth-order valence-electron chi connectivity index (χ4n) is 3.21. The number of carbonyl (C=O) groups excluding carboxylic acids is 1. The van der Waals surface area contributed by atoms with Crippen LogP contribution in [0, 0.1) is 26.7 Å². The maximum absolute atomic E-state index is 12.3. The third-order valence-corrected chi connectivity index (χ3v) is 5.65. The van der Waals surface area contributed by atoms with Crippen molar-refractivity contribution in [1.29, 1.82) is 0 Å². The van der Waals surface area contributed by atoms with Crippen molar-refractivity contribution in [3.05, 3.63) is 28.2 Å². The minimum atomic E-state index is 0.250. The van der Waals surface area contributed by atoms with Gasteiger partial charge in [0.15, 0.2) is 5.13 Å². The zero-order valence-corrected chi connectivity index (χ0v) is 17.0. The minimum Gasteiger partial charge on any atom is -0.342 e. The smallest absolute Gasteiger partial charge is 0.222 e. The Morgan fingerprint density at radius 2 is 2.08 bits per heavy atom. The van der Waals surface area contributed by atoms with Gasteiger partial charge < -0.3 is 10.2 Å². The SMILES string of the molecule is Cc1nc(Nc2nc(C)c(C)s2)cc([C@H]2CCN(C(=O)CC(C)C)C2)n1. The van der Waals surface area contributed by atoms with E-state index in [2.05, 4.69) is 41.0 Å². The highest BCUT2D eigenvalue weighted by molar-refractivity contribution is 7.15. The van der Waals surface area contributed by atoms with E-state index in [1.807, 2.05) is 24.8 Å². The van der Waals surface area contributed by atoms with Crippen LogP contribution in [0.4, 0.5) is 10.9 Å². The number of nitrogens with one attached hydrogen (secondary N) is 1. The lowest BCUT2D eigenvalue weighted by molar-refractivity contribution is -0.130. The lowest BCUT2D eigenvalue weighted by atomic mass is 10.0. The topological polar surface area (TPSA) is 71.0 Å². The molecule has 1 aliphatic rings. The standard InChI is InChI=1S/C19H27N5OS/c1-11(2)8-18(25)24-7-6-15(10-24)16-9-17(22-14(5)21-16)23-19-20-12(3)13(4)26-19/h9,11,15H,6-8,10H2,1-5H3,(H,20,21,22,23)/t15-/m0/s1. The van der Waals surface area contributed by atoms with Crippen LogP contribution >= 0.6 is 11.3 Å². The van der Waals surface area contributed by atoms with Crippen molar-refractivity contribution in [1.82, 2.24) is 19.9 Å². The Morgan fingerprint density at radius 1 is 1.31 bits per heavy atom. The summed E-state index contributed by atoms with van der Waals surface area (Å²) in [6, 6.07) is 2.00. The first-order valence-electron chi connectivity index (χ1n) is 9.16. The summed E-state index contributed by atoms with van der Waals surface area (Å²) in [6.07, 6.45) is 1.57. The zero-order chi connectivity index (χ0) is 18.8. The molecular formula is C19H27N5OS.